The predicted molar refractivity (Wildman–Crippen MR) is 111 cm³/mol. The molecule has 3 aromatic rings. The highest BCUT2D eigenvalue weighted by atomic mass is 16.5. The average molecular weight is 376 g/mol. The Morgan fingerprint density at radius 1 is 1.04 bits per heavy atom. The van der Waals surface area contributed by atoms with E-state index < -0.39 is 0 Å². The van der Waals surface area contributed by atoms with Crippen molar-refractivity contribution in [1.29, 1.82) is 0 Å². The molecule has 0 radical (unpaired) electrons. The fourth-order valence-electron chi connectivity index (χ4n) is 2.87. The summed E-state index contributed by atoms with van der Waals surface area (Å²) in [6.45, 7) is 6.24. The van der Waals surface area contributed by atoms with Gasteiger partial charge in [0, 0.05) is 23.9 Å². The first kappa shape index (κ1) is 19.4. The number of carbonyl (C=O) groups excluding carboxylic acids is 1. The second-order valence-corrected chi connectivity index (χ2v) is 6.62. The summed E-state index contributed by atoms with van der Waals surface area (Å²) in [4.78, 5) is 21.4. The number of carbonyl (C=O) groups is 1. The van der Waals surface area contributed by atoms with Gasteiger partial charge in [-0.3, -0.25) is 4.79 Å². The van der Waals surface area contributed by atoms with Gasteiger partial charge in [-0.15, -0.1) is 0 Å². The molecular weight excluding hydrogens is 352 g/mol. The van der Waals surface area contributed by atoms with Crippen molar-refractivity contribution in [3.05, 3.63) is 76.7 Å². The normalized spacial score (nSPS) is 10.4. The van der Waals surface area contributed by atoms with Crippen molar-refractivity contribution in [2.24, 2.45) is 0 Å². The molecule has 6 nitrogen and oxygen atoms in total. The lowest BCUT2D eigenvalue weighted by atomic mass is 10.1. The molecule has 2 N–H and O–H groups in total. The fraction of sp³-hybridized carbons (Fsp3) is 0.227. The summed E-state index contributed by atoms with van der Waals surface area (Å²) >= 11 is 0. The number of ether oxygens (including phenoxy) is 1. The number of nitrogens with zero attached hydrogens (tertiary/aromatic N) is 2. The van der Waals surface area contributed by atoms with Crippen molar-refractivity contribution in [2.75, 3.05) is 17.7 Å². The van der Waals surface area contributed by atoms with E-state index in [0.717, 1.165) is 28.1 Å². The Bertz CT molecular complexity index is 1000. The van der Waals surface area contributed by atoms with Crippen LogP contribution >= 0.6 is 0 Å². The molecule has 0 saturated heterocycles. The van der Waals surface area contributed by atoms with Gasteiger partial charge in [0.05, 0.1) is 7.11 Å². The molecule has 0 atom stereocenters. The molecule has 0 fully saturated rings. The Morgan fingerprint density at radius 2 is 1.82 bits per heavy atom. The zero-order valence-corrected chi connectivity index (χ0v) is 16.5. The molecule has 0 aliphatic carbocycles. The van der Waals surface area contributed by atoms with Gasteiger partial charge in [0.15, 0.2) is 0 Å². The zero-order chi connectivity index (χ0) is 20.1. The molecule has 2 aromatic carbocycles. The third kappa shape index (κ3) is 4.65. The van der Waals surface area contributed by atoms with E-state index in [1.807, 2.05) is 56.3 Å². The molecule has 0 spiro atoms. The largest absolute Gasteiger partial charge is 0.496 e. The molecule has 6 heteroatoms. The van der Waals surface area contributed by atoms with Crippen LogP contribution in [0, 0.1) is 20.8 Å². The fourth-order valence-corrected chi connectivity index (χ4v) is 2.87. The molecule has 144 valence electrons. The number of benzene rings is 2. The molecule has 0 bridgehead atoms. The number of amides is 1. The smallest absolute Gasteiger partial charge is 0.274 e. The van der Waals surface area contributed by atoms with Crippen LogP contribution in [-0.2, 0) is 6.54 Å². The number of hydrogen-bond donors (Lipinski definition) is 2. The second kappa shape index (κ2) is 8.52. The summed E-state index contributed by atoms with van der Waals surface area (Å²) in [5.41, 5.74) is 4.18. The molecule has 28 heavy (non-hydrogen) atoms. The maximum absolute atomic E-state index is 12.7. The van der Waals surface area contributed by atoms with Crippen molar-refractivity contribution < 1.29 is 9.53 Å². The van der Waals surface area contributed by atoms with Gasteiger partial charge >= 0.3 is 0 Å². The van der Waals surface area contributed by atoms with Gasteiger partial charge in [0.25, 0.3) is 5.91 Å². The number of anilines is 2. The maximum Gasteiger partial charge on any atom is 0.274 e. The molecule has 3 rings (SSSR count). The minimum atomic E-state index is -0.264. The van der Waals surface area contributed by atoms with Gasteiger partial charge in [-0.2, -0.15) is 0 Å². The lowest BCUT2D eigenvalue weighted by Gasteiger charge is -2.12. The van der Waals surface area contributed by atoms with Crippen molar-refractivity contribution in [2.45, 2.75) is 27.3 Å². The average Bonchev–Trinajstić information content (AvgIpc) is 2.69. The van der Waals surface area contributed by atoms with E-state index in [4.69, 9.17) is 4.74 Å². The quantitative estimate of drug-likeness (QED) is 0.672. The van der Waals surface area contributed by atoms with E-state index in [0.29, 0.717) is 23.9 Å². The van der Waals surface area contributed by atoms with Crippen LogP contribution in [0.2, 0.25) is 0 Å². The molecule has 0 aliphatic rings. The summed E-state index contributed by atoms with van der Waals surface area (Å²) in [5, 5.41) is 6.18. The Balaban J connectivity index is 1.77. The first-order valence-electron chi connectivity index (χ1n) is 9.06. The highest BCUT2D eigenvalue weighted by Gasteiger charge is 2.12. The standard InChI is InChI=1S/C22H24N4O2/c1-14-9-10-15(2)18(11-14)26-22(27)19-12-21(25-16(3)24-19)23-13-17-7-5-6-8-20(17)28-4/h5-12H,13H2,1-4H3,(H,26,27)(H,23,24,25). The SMILES string of the molecule is COc1ccccc1CNc1cc(C(=O)Nc2cc(C)ccc2C)nc(C)n1. The Morgan fingerprint density at radius 3 is 2.61 bits per heavy atom. The van der Waals surface area contributed by atoms with Gasteiger partial charge in [0.1, 0.15) is 23.1 Å². The van der Waals surface area contributed by atoms with Crippen molar-refractivity contribution in [1.82, 2.24) is 9.97 Å². The molecule has 0 unspecified atom stereocenters. The van der Waals surface area contributed by atoms with Crippen LogP contribution in [0.5, 0.6) is 5.75 Å². The number of para-hydroxylation sites is 1. The van der Waals surface area contributed by atoms with Crippen LogP contribution in [0.3, 0.4) is 0 Å². The van der Waals surface area contributed by atoms with Gasteiger partial charge < -0.3 is 15.4 Å². The van der Waals surface area contributed by atoms with Crippen LogP contribution in [0.15, 0.2) is 48.5 Å². The Hall–Kier alpha value is -3.41. The minimum absolute atomic E-state index is 0.264. The number of hydrogen-bond acceptors (Lipinski definition) is 5. The molecule has 0 aliphatic heterocycles. The van der Waals surface area contributed by atoms with E-state index in [2.05, 4.69) is 20.6 Å². The predicted octanol–water partition coefficient (Wildman–Crippen LogP) is 4.27. The first-order valence-corrected chi connectivity index (χ1v) is 9.06. The van der Waals surface area contributed by atoms with Gasteiger partial charge in [0.2, 0.25) is 0 Å². The van der Waals surface area contributed by atoms with E-state index >= 15 is 0 Å². The lowest BCUT2D eigenvalue weighted by molar-refractivity contribution is 0.102. The van der Waals surface area contributed by atoms with Gasteiger partial charge in [-0.05, 0) is 44.0 Å². The zero-order valence-electron chi connectivity index (χ0n) is 16.5. The summed E-state index contributed by atoms with van der Waals surface area (Å²) < 4.78 is 5.37. The molecular formula is C22H24N4O2. The molecule has 1 aromatic heterocycles. The number of rotatable bonds is 6. The van der Waals surface area contributed by atoms with Crippen molar-refractivity contribution >= 4 is 17.4 Å². The van der Waals surface area contributed by atoms with E-state index in [9.17, 15) is 4.79 Å². The lowest BCUT2D eigenvalue weighted by Crippen LogP contribution is -2.16. The second-order valence-electron chi connectivity index (χ2n) is 6.62. The van der Waals surface area contributed by atoms with Crippen molar-refractivity contribution in [3.63, 3.8) is 0 Å². The number of aromatic nitrogens is 2. The van der Waals surface area contributed by atoms with Crippen LogP contribution in [0.25, 0.3) is 0 Å². The Labute approximate surface area is 165 Å². The number of nitrogens with one attached hydrogen (secondary N) is 2. The first-order chi connectivity index (χ1) is 13.5. The van der Waals surface area contributed by atoms with Crippen LogP contribution in [0.1, 0.15) is 33.0 Å². The molecule has 1 heterocycles. The van der Waals surface area contributed by atoms with Crippen molar-refractivity contribution in [3.8, 4) is 5.75 Å². The third-order valence-electron chi connectivity index (χ3n) is 4.36. The summed E-state index contributed by atoms with van der Waals surface area (Å²) in [6, 6.07) is 15.4. The molecule has 0 saturated carbocycles. The Kier molecular flexibility index (Phi) is 5.89. The maximum atomic E-state index is 12.7. The van der Waals surface area contributed by atoms with Gasteiger partial charge in [-0.1, -0.05) is 30.3 Å². The summed E-state index contributed by atoms with van der Waals surface area (Å²) in [7, 11) is 1.64. The van der Waals surface area contributed by atoms with Crippen LogP contribution < -0.4 is 15.4 Å². The minimum Gasteiger partial charge on any atom is -0.496 e. The number of methoxy groups -OCH3 is 1. The monoisotopic (exact) mass is 376 g/mol. The number of aryl methyl sites for hydroxylation is 3. The van der Waals surface area contributed by atoms with Gasteiger partial charge in [-0.25, -0.2) is 9.97 Å². The van der Waals surface area contributed by atoms with E-state index in [1.54, 1.807) is 20.1 Å². The van der Waals surface area contributed by atoms with Crippen LogP contribution in [-0.4, -0.2) is 23.0 Å². The van der Waals surface area contributed by atoms with E-state index in [-0.39, 0.29) is 5.91 Å². The van der Waals surface area contributed by atoms with Crippen LogP contribution in [0.4, 0.5) is 11.5 Å². The highest BCUT2D eigenvalue weighted by molar-refractivity contribution is 6.03. The highest BCUT2D eigenvalue weighted by Crippen LogP contribution is 2.20. The summed E-state index contributed by atoms with van der Waals surface area (Å²) in [6.07, 6.45) is 0. The van der Waals surface area contributed by atoms with E-state index in [1.165, 1.54) is 0 Å². The third-order valence-corrected chi connectivity index (χ3v) is 4.36. The topological polar surface area (TPSA) is 76.1 Å². The summed E-state index contributed by atoms with van der Waals surface area (Å²) in [5.74, 6) is 1.65. The molecule has 1 amide bonds.